The molecule has 168 valence electrons. The minimum absolute atomic E-state index is 0.200. The summed E-state index contributed by atoms with van der Waals surface area (Å²) in [4.78, 5) is 38.5. The Morgan fingerprint density at radius 1 is 1.16 bits per heavy atom. The van der Waals surface area contributed by atoms with Gasteiger partial charge in [0.1, 0.15) is 0 Å². The Labute approximate surface area is 199 Å². The molecule has 1 saturated heterocycles. The zero-order valence-corrected chi connectivity index (χ0v) is 20.3. The van der Waals surface area contributed by atoms with Gasteiger partial charge in [0.25, 0.3) is 17.1 Å². The van der Waals surface area contributed by atoms with Crippen LogP contribution in [0.15, 0.2) is 51.8 Å². The van der Waals surface area contributed by atoms with E-state index in [1.807, 2.05) is 25.1 Å². The van der Waals surface area contributed by atoms with Crippen LogP contribution in [0.5, 0.6) is 11.5 Å². The number of anilines is 1. The Hall–Kier alpha value is -2.78. The largest absolute Gasteiger partial charge is 0.490 e. The number of thioether (sulfide) groups is 1. The zero-order valence-electron chi connectivity index (χ0n) is 17.9. The number of para-hydroxylation sites is 1. The molecule has 2 aromatic rings. The molecule has 1 aliphatic heterocycles. The van der Waals surface area contributed by atoms with E-state index in [-0.39, 0.29) is 29.7 Å². The van der Waals surface area contributed by atoms with Gasteiger partial charge in [-0.1, -0.05) is 34.1 Å². The fourth-order valence-electron chi connectivity index (χ4n) is 2.97. The highest BCUT2D eigenvalue weighted by atomic mass is 79.9. The number of benzene rings is 2. The molecule has 32 heavy (non-hydrogen) atoms. The third-order valence-electron chi connectivity index (χ3n) is 4.41. The van der Waals surface area contributed by atoms with Gasteiger partial charge in [-0.3, -0.25) is 19.3 Å². The monoisotopic (exact) mass is 518 g/mol. The molecule has 1 fully saturated rings. The summed E-state index contributed by atoms with van der Waals surface area (Å²) in [5, 5.41) is 2.47. The molecule has 2 aromatic carbocycles. The van der Waals surface area contributed by atoms with Gasteiger partial charge in [-0.15, -0.1) is 0 Å². The van der Waals surface area contributed by atoms with E-state index in [0.717, 1.165) is 11.8 Å². The molecule has 0 aromatic heterocycles. The Morgan fingerprint density at radius 2 is 1.84 bits per heavy atom. The second kappa shape index (κ2) is 10.7. The van der Waals surface area contributed by atoms with Crippen LogP contribution in [0, 0.1) is 0 Å². The number of hydrogen-bond donors (Lipinski definition) is 1. The highest BCUT2D eigenvalue weighted by Gasteiger charge is 2.36. The first kappa shape index (κ1) is 23.9. The van der Waals surface area contributed by atoms with Gasteiger partial charge in [0, 0.05) is 16.2 Å². The average molecular weight is 519 g/mol. The smallest absolute Gasteiger partial charge is 0.293 e. The Balaban J connectivity index is 1.78. The van der Waals surface area contributed by atoms with Crippen LogP contribution in [0.4, 0.5) is 10.5 Å². The molecule has 0 spiro atoms. The van der Waals surface area contributed by atoms with Gasteiger partial charge in [-0.25, -0.2) is 0 Å². The van der Waals surface area contributed by atoms with Crippen molar-refractivity contribution in [2.24, 2.45) is 0 Å². The number of ether oxygens (including phenoxy) is 2. The van der Waals surface area contributed by atoms with Crippen LogP contribution >= 0.6 is 27.7 Å². The quantitative estimate of drug-likeness (QED) is 0.476. The highest BCUT2D eigenvalue weighted by Crippen LogP contribution is 2.38. The van der Waals surface area contributed by atoms with E-state index in [9.17, 15) is 14.4 Å². The first-order chi connectivity index (χ1) is 15.3. The molecule has 7 nitrogen and oxygen atoms in total. The van der Waals surface area contributed by atoms with Crippen molar-refractivity contribution in [1.29, 1.82) is 0 Å². The first-order valence-corrected chi connectivity index (χ1v) is 11.6. The minimum atomic E-state index is -0.322. The van der Waals surface area contributed by atoms with E-state index in [1.165, 1.54) is 4.90 Å². The highest BCUT2D eigenvalue weighted by molar-refractivity contribution is 9.10. The molecule has 1 heterocycles. The fraction of sp³-hybridized carbons (Fsp3) is 0.261. The normalized spacial score (nSPS) is 14.9. The van der Waals surface area contributed by atoms with E-state index < -0.39 is 0 Å². The lowest BCUT2D eigenvalue weighted by Gasteiger charge is -2.16. The molecule has 3 rings (SSSR count). The van der Waals surface area contributed by atoms with Gasteiger partial charge in [-0.05, 0) is 68.4 Å². The van der Waals surface area contributed by atoms with Crippen LogP contribution in [0.25, 0.3) is 6.08 Å². The first-order valence-electron chi connectivity index (χ1n) is 10.0. The molecule has 0 bridgehead atoms. The van der Waals surface area contributed by atoms with Crippen molar-refractivity contribution < 1.29 is 23.9 Å². The number of nitrogens with zero attached hydrogens (tertiary/aromatic N) is 1. The van der Waals surface area contributed by atoms with Gasteiger partial charge in [0.05, 0.1) is 11.5 Å². The summed E-state index contributed by atoms with van der Waals surface area (Å²) in [6, 6.07) is 12.3. The summed E-state index contributed by atoms with van der Waals surface area (Å²) in [5.74, 6) is 0.186. The molecular formula is C23H23BrN2O5S. The maximum absolute atomic E-state index is 12.6. The average Bonchev–Trinajstić information content (AvgIpc) is 3.03. The summed E-state index contributed by atoms with van der Waals surface area (Å²) in [6.07, 6.45) is 1.64. The molecule has 0 unspecified atom stereocenters. The third-order valence-corrected chi connectivity index (χ3v) is 5.98. The fourth-order valence-corrected chi connectivity index (χ4v) is 4.36. The van der Waals surface area contributed by atoms with Gasteiger partial charge >= 0.3 is 0 Å². The SMILES string of the molecule is CCOc1cc(C=C2SC(=O)N(C(C)C)C2=O)c(Br)cc1OCC(=O)Nc1ccccc1. The van der Waals surface area contributed by atoms with Crippen LogP contribution in [0.3, 0.4) is 0 Å². The number of halogens is 1. The summed E-state index contributed by atoms with van der Waals surface area (Å²) >= 11 is 4.38. The number of carbonyl (C=O) groups is 3. The molecule has 1 N–H and O–H groups in total. The zero-order chi connectivity index (χ0) is 23.3. The van der Waals surface area contributed by atoms with Crippen molar-refractivity contribution in [3.05, 3.63) is 57.4 Å². The van der Waals surface area contributed by atoms with E-state index in [2.05, 4.69) is 21.2 Å². The van der Waals surface area contributed by atoms with Crippen molar-refractivity contribution in [2.75, 3.05) is 18.5 Å². The third kappa shape index (κ3) is 5.72. The molecular weight excluding hydrogens is 496 g/mol. The summed E-state index contributed by atoms with van der Waals surface area (Å²) < 4.78 is 12.0. The maximum Gasteiger partial charge on any atom is 0.293 e. The number of amides is 3. The molecule has 0 radical (unpaired) electrons. The van der Waals surface area contributed by atoms with Gasteiger partial charge in [0.2, 0.25) is 0 Å². The van der Waals surface area contributed by atoms with E-state index >= 15 is 0 Å². The van der Waals surface area contributed by atoms with Crippen LogP contribution in [-0.4, -0.2) is 41.2 Å². The summed E-state index contributed by atoms with van der Waals surface area (Å²) in [5.41, 5.74) is 1.33. The summed E-state index contributed by atoms with van der Waals surface area (Å²) in [6.45, 7) is 5.61. The van der Waals surface area contributed by atoms with Gasteiger partial charge < -0.3 is 14.8 Å². The molecule has 0 aliphatic carbocycles. The second-order valence-corrected chi connectivity index (χ2v) is 8.95. The number of rotatable bonds is 8. The van der Waals surface area contributed by atoms with E-state index in [0.29, 0.717) is 38.7 Å². The Morgan fingerprint density at radius 3 is 2.47 bits per heavy atom. The van der Waals surface area contributed by atoms with E-state index in [1.54, 1.807) is 44.2 Å². The summed E-state index contributed by atoms with van der Waals surface area (Å²) in [7, 11) is 0. The molecule has 9 heteroatoms. The van der Waals surface area contributed by atoms with Crippen LogP contribution < -0.4 is 14.8 Å². The van der Waals surface area contributed by atoms with Gasteiger partial charge in [-0.2, -0.15) is 0 Å². The minimum Gasteiger partial charge on any atom is -0.490 e. The number of imide groups is 1. The number of nitrogens with one attached hydrogen (secondary N) is 1. The number of carbonyl (C=O) groups excluding carboxylic acids is 3. The maximum atomic E-state index is 12.6. The van der Waals surface area contributed by atoms with Crippen LogP contribution in [0.1, 0.15) is 26.3 Å². The van der Waals surface area contributed by atoms with Crippen molar-refractivity contribution in [3.63, 3.8) is 0 Å². The predicted octanol–water partition coefficient (Wildman–Crippen LogP) is 5.31. The molecule has 3 amide bonds. The second-order valence-electron chi connectivity index (χ2n) is 7.10. The predicted molar refractivity (Wildman–Crippen MR) is 129 cm³/mol. The van der Waals surface area contributed by atoms with E-state index in [4.69, 9.17) is 9.47 Å². The lowest BCUT2D eigenvalue weighted by Crippen LogP contribution is -2.34. The lowest BCUT2D eigenvalue weighted by atomic mass is 10.1. The standard InChI is InChI=1S/C23H23BrN2O5S/c1-4-30-18-10-15(11-20-22(28)26(14(2)3)23(29)32-20)17(24)12-19(18)31-13-21(27)25-16-8-6-5-7-9-16/h5-12,14H,4,13H2,1-3H3,(H,25,27). The molecule has 1 aliphatic rings. The number of hydrogen-bond acceptors (Lipinski definition) is 6. The molecule has 0 saturated carbocycles. The van der Waals surface area contributed by atoms with Gasteiger partial charge in [0.15, 0.2) is 18.1 Å². The Kier molecular flexibility index (Phi) is 7.98. The van der Waals surface area contributed by atoms with Crippen molar-refractivity contribution in [2.45, 2.75) is 26.8 Å². The van der Waals surface area contributed by atoms with Crippen LogP contribution in [0.2, 0.25) is 0 Å². The van der Waals surface area contributed by atoms with Crippen molar-refractivity contribution in [1.82, 2.24) is 4.90 Å². The van der Waals surface area contributed by atoms with Crippen molar-refractivity contribution in [3.8, 4) is 11.5 Å². The molecule has 0 atom stereocenters. The van der Waals surface area contributed by atoms with Crippen molar-refractivity contribution >= 4 is 56.5 Å². The van der Waals surface area contributed by atoms with Crippen LogP contribution in [-0.2, 0) is 9.59 Å². The lowest BCUT2D eigenvalue weighted by molar-refractivity contribution is -0.123. The Bertz CT molecular complexity index is 1060. The topological polar surface area (TPSA) is 84.9 Å².